The van der Waals surface area contributed by atoms with E-state index in [1.54, 1.807) is 4.68 Å². The number of hydrogen-bond donors (Lipinski definition) is 1. The van der Waals surface area contributed by atoms with E-state index in [-0.39, 0.29) is 0 Å². The molecule has 0 saturated carbocycles. The molecule has 0 aliphatic carbocycles. The monoisotopic (exact) mass is 253 g/mol. The molecule has 5 nitrogen and oxygen atoms in total. The highest BCUT2D eigenvalue weighted by atomic mass is 32.2. The maximum absolute atomic E-state index is 11.2. The maximum Gasteiger partial charge on any atom is 0.314 e. The van der Waals surface area contributed by atoms with Gasteiger partial charge in [-0.2, -0.15) is 16.9 Å². The highest BCUT2D eigenvalue weighted by Gasteiger charge is 2.32. The summed E-state index contributed by atoms with van der Waals surface area (Å²) in [4.78, 5) is 15.7. The van der Waals surface area contributed by atoms with Crippen molar-refractivity contribution in [2.75, 3.05) is 11.5 Å². The van der Waals surface area contributed by atoms with Gasteiger partial charge in [-0.05, 0) is 25.0 Å². The van der Waals surface area contributed by atoms with Crippen molar-refractivity contribution in [1.29, 1.82) is 0 Å². The average molecular weight is 253 g/mol. The first-order valence-corrected chi connectivity index (χ1v) is 7.16. The predicted molar refractivity (Wildman–Crippen MR) is 64.3 cm³/mol. The molecule has 2 aliphatic heterocycles. The summed E-state index contributed by atoms with van der Waals surface area (Å²) in [5, 5.41) is 13.7. The smallest absolute Gasteiger partial charge is 0.314 e. The topological polar surface area (TPSA) is 68.0 Å². The molecule has 2 aliphatic rings. The van der Waals surface area contributed by atoms with Gasteiger partial charge >= 0.3 is 5.97 Å². The zero-order valence-electron chi connectivity index (χ0n) is 9.50. The van der Waals surface area contributed by atoms with Gasteiger partial charge in [-0.25, -0.2) is 9.67 Å². The fourth-order valence-corrected chi connectivity index (χ4v) is 3.73. The fraction of sp³-hybridized carbons (Fsp3) is 0.727. The molecule has 0 bridgehead atoms. The third-order valence-electron chi connectivity index (χ3n) is 3.48. The van der Waals surface area contributed by atoms with E-state index in [1.165, 1.54) is 0 Å². The summed E-state index contributed by atoms with van der Waals surface area (Å²) < 4.78 is 1.81. The molecule has 0 amide bonds. The molecule has 1 N–H and O–H groups in total. The van der Waals surface area contributed by atoms with Crippen LogP contribution in [0.25, 0.3) is 0 Å². The van der Waals surface area contributed by atoms with Crippen LogP contribution >= 0.6 is 11.8 Å². The lowest BCUT2D eigenvalue weighted by Gasteiger charge is -2.17. The van der Waals surface area contributed by atoms with E-state index in [2.05, 4.69) is 10.1 Å². The number of nitrogens with zero attached hydrogens (tertiary/aromatic N) is 3. The number of carboxylic acid groups (broad SMARTS) is 1. The second-order valence-electron chi connectivity index (χ2n) is 4.64. The molecule has 92 valence electrons. The number of aryl methyl sites for hydroxylation is 1. The van der Waals surface area contributed by atoms with Crippen LogP contribution in [-0.2, 0) is 11.3 Å². The Kier molecular flexibility index (Phi) is 2.82. The Morgan fingerprint density at radius 2 is 2.35 bits per heavy atom. The third kappa shape index (κ3) is 1.94. The van der Waals surface area contributed by atoms with Crippen molar-refractivity contribution in [3.05, 3.63) is 11.6 Å². The third-order valence-corrected chi connectivity index (χ3v) is 4.65. The van der Waals surface area contributed by atoms with Crippen molar-refractivity contribution in [1.82, 2.24) is 14.8 Å². The molecule has 2 unspecified atom stereocenters. The van der Waals surface area contributed by atoms with Gasteiger partial charge in [0.1, 0.15) is 11.7 Å². The van der Waals surface area contributed by atoms with E-state index in [4.69, 9.17) is 0 Å². The Hall–Kier alpha value is -1.04. The Morgan fingerprint density at radius 1 is 1.47 bits per heavy atom. The standard InChI is InChI=1S/C11H15N3O2S/c15-11(16)8-2-1-4-14-10(8)12-9(13-14)7-3-5-17-6-7/h7-8H,1-6H2,(H,15,16). The van der Waals surface area contributed by atoms with Gasteiger partial charge in [0.25, 0.3) is 0 Å². The summed E-state index contributed by atoms with van der Waals surface area (Å²) in [5.41, 5.74) is 0. The number of carboxylic acids is 1. The Bertz CT molecular complexity index is 440. The fourth-order valence-electron chi connectivity index (χ4n) is 2.51. The summed E-state index contributed by atoms with van der Waals surface area (Å²) >= 11 is 1.92. The van der Waals surface area contributed by atoms with Crippen molar-refractivity contribution in [2.24, 2.45) is 0 Å². The van der Waals surface area contributed by atoms with Crippen LogP contribution in [0.3, 0.4) is 0 Å². The molecule has 0 spiro atoms. The minimum absolute atomic E-state index is 0.424. The number of hydrogen-bond acceptors (Lipinski definition) is 4. The Morgan fingerprint density at radius 3 is 3.06 bits per heavy atom. The van der Waals surface area contributed by atoms with Crippen molar-refractivity contribution in [2.45, 2.75) is 37.6 Å². The number of rotatable bonds is 2. The summed E-state index contributed by atoms with van der Waals surface area (Å²) in [5.74, 6) is 2.95. The van der Waals surface area contributed by atoms with Crippen LogP contribution in [0, 0.1) is 0 Å². The molecule has 1 aromatic heterocycles. The zero-order valence-corrected chi connectivity index (χ0v) is 10.3. The van der Waals surface area contributed by atoms with E-state index in [0.29, 0.717) is 18.2 Å². The van der Waals surface area contributed by atoms with Crippen LogP contribution in [-0.4, -0.2) is 37.3 Å². The maximum atomic E-state index is 11.2. The molecule has 0 aromatic carbocycles. The SMILES string of the molecule is O=C(O)C1CCCn2nc(C3CCSC3)nc21. The molecular weight excluding hydrogens is 238 g/mol. The van der Waals surface area contributed by atoms with Crippen molar-refractivity contribution < 1.29 is 9.90 Å². The number of aromatic nitrogens is 3. The summed E-state index contributed by atoms with van der Waals surface area (Å²) in [6, 6.07) is 0. The predicted octanol–water partition coefficient (Wildman–Crippen LogP) is 1.46. The Balaban J connectivity index is 1.92. The van der Waals surface area contributed by atoms with Crippen LogP contribution in [0.5, 0.6) is 0 Å². The molecule has 1 saturated heterocycles. The van der Waals surface area contributed by atoms with E-state index in [1.807, 2.05) is 11.8 Å². The van der Waals surface area contributed by atoms with Gasteiger partial charge in [0.2, 0.25) is 0 Å². The molecule has 1 aromatic rings. The normalized spacial score (nSPS) is 28.0. The summed E-state index contributed by atoms with van der Waals surface area (Å²) in [7, 11) is 0. The lowest BCUT2D eigenvalue weighted by atomic mass is 9.99. The first-order valence-electron chi connectivity index (χ1n) is 6.01. The largest absolute Gasteiger partial charge is 0.481 e. The van der Waals surface area contributed by atoms with E-state index < -0.39 is 11.9 Å². The van der Waals surface area contributed by atoms with Crippen LogP contribution < -0.4 is 0 Å². The average Bonchev–Trinajstić information content (AvgIpc) is 2.96. The van der Waals surface area contributed by atoms with Gasteiger partial charge in [0.15, 0.2) is 5.82 Å². The van der Waals surface area contributed by atoms with Crippen molar-refractivity contribution in [3.8, 4) is 0 Å². The Labute approximate surface area is 104 Å². The highest BCUT2D eigenvalue weighted by molar-refractivity contribution is 7.99. The number of thioether (sulfide) groups is 1. The lowest BCUT2D eigenvalue weighted by Crippen LogP contribution is -2.22. The van der Waals surface area contributed by atoms with Crippen molar-refractivity contribution in [3.63, 3.8) is 0 Å². The molecular formula is C11H15N3O2S. The molecule has 3 rings (SSSR count). The second-order valence-corrected chi connectivity index (χ2v) is 5.79. The van der Waals surface area contributed by atoms with E-state index >= 15 is 0 Å². The molecule has 0 radical (unpaired) electrons. The first kappa shape index (κ1) is 11.1. The molecule has 17 heavy (non-hydrogen) atoms. The number of carbonyl (C=O) groups is 1. The van der Waals surface area contributed by atoms with Crippen LogP contribution in [0.15, 0.2) is 0 Å². The zero-order chi connectivity index (χ0) is 11.8. The number of aliphatic carboxylic acids is 1. The molecule has 6 heteroatoms. The van der Waals surface area contributed by atoms with E-state index in [0.717, 1.165) is 36.7 Å². The first-order chi connectivity index (χ1) is 8.25. The van der Waals surface area contributed by atoms with Gasteiger partial charge in [-0.3, -0.25) is 4.79 Å². The molecule has 1 fully saturated rings. The van der Waals surface area contributed by atoms with Crippen LogP contribution in [0.2, 0.25) is 0 Å². The lowest BCUT2D eigenvalue weighted by molar-refractivity contribution is -0.139. The summed E-state index contributed by atoms with van der Waals surface area (Å²) in [6.07, 6.45) is 2.69. The van der Waals surface area contributed by atoms with Crippen molar-refractivity contribution >= 4 is 17.7 Å². The van der Waals surface area contributed by atoms with Crippen LogP contribution in [0.1, 0.15) is 42.7 Å². The second kappa shape index (κ2) is 4.33. The highest BCUT2D eigenvalue weighted by Crippen LogP contribution is 2.33. The minimum atomic E-state index is -0.773. The minimum Gasteiger partial charge on any atom is -0.481 e. The number of fused-ring (bicyclic) bond motifs is 1. The van der Waals surface area contributed by atoms with E-state index in [9.17, 15) is 9.90 Å². The quantitative estimate of drug-likeness (QED) is 0.864. The molecule has 2 atom stereocenters. The molecule has 3 heterocycles. The van der Waals surface area contributed by atoms with Gasteiger partial charge in [0, 0.05) is 18.2 Å². The van der Waals surface area contributed by atoms with Gasteiger partial charge in [0.05, 0.1) is 0 Å². The summed E-state index contributed by atoms with van der Waals surface area (Å²) in [6.45, 7) is 0.811. The van der Waals surface area contributed by atoms with Gasteiger partial charge in [-0.15, -0.1) is 0 Å². The van der Waals surface area contributed by atoms with Gasteiger partial charge in [-0.1, -0.05) is 0 Å². The van der Waals surface area contributed by atoms with Crippen LogP contribution in [0.4, 0.5) is 0 Å². The van der Waals surface area contributed by atoms with Gasteiger partial charge < -0.3 is 5.11 Å².